The van der Waals surface area contributed by atoms with Gasteiger partial charge in [0.25, 0.3) is 0 Å². The third-order valence-corrected chi connectivity index (χ3v) is 5.80. The van der Waals surface area contributed by atoms with Crippen molar-refractivity contribution in [3.63, 3.8) is 0 Å². The Kier molecular flexibility index (Phi) is 5.41. The van der Waals surface area contributed by atoms with E-state index in [1.165, 1.54) is 0 Å². The van der Waals surface area contributed by atoms with Gasteiger partial charge < -0.3 is 9.84 Å². The zero-order valence-electron chi connectivity index (χ0n) is 11.3. The number of hydrogen-bond donors (Lipinski definition) is 1. The summed E-state index contributed by atoms with van der Waals surface area (Å²) in [5, 5.41) is 9.21. The van der Waals surface area contributed by atoms with Gasteiger partial charge in [0, 0.05) is 10.0 Å². The molecule has 0 saturated carbocycles. The highest BCUT2D eigenvalue weighted by Crippen LogP contribution is 2.23. The van der Waals surface area contributed by atoms with Crippen molar-refractivity contribution in [2.45, 2.75) is 32.1 Å². The van der Waals surface area contributed by atoms with Crippen LogP contribution in [0.15, 0.2) is 22.7 Å². The number of ether oxygens (including phenoxy) is 1. The molecule has 0 bridgehead atoms. The normalized spacial score (nSPS) is 12.5. The molecule has 1 aromatic rings. The molecule has 108 valence electrons. The van der Waals surface area contributed by atoms with E-state index in [-0.39, 0.29) is 19.0 Å². The summed E-state index contributed by atoms with van der Waals surface area (Å²) in [5.74, 6) is 0.465. The molecule has 0 saturated heterocycles. The Morgan fingerprint density at radius 1 is 1.32 bits per heavy atom. The number of aliphatic hydroxyl groups excluding tert-OH is 1. The first kappa shape index (κ1) is 16.5. The molecule has 0 radical (unpaired) electrons. The smallest absolute Gasteiger partial charge is 0.158 e. The predicted octanol–water partition coefficient (Wildman–Crippen LogP) is 2.53. The summed E-state index contributed by atoms with van der Waals surface area (Å²) in [6.45, 7) is 4.93. The predicted molar refractivity (Wildman–Crippen MR) is 79.1 cm³/mol. The van der Waals surface area contributed by atoms with Crippen molar-refractivity contribution >= 4 is 25.8 Å². The minimum absolute atomic E-state index is 0.0442. The van der Waals surface area contributed by atoms with E-state index in [1.807, 2.05) is 0 Å². The summed E-state index contributed by atoms with van der Waals surface area (Å²) in [5.41, 5.74) is 0.627. The summed E-state index contributed by atoms with van der Waals surface area (Å²) in [7, 11) is -3.19. The number of hydrogen-bond acceptors (Lipinski definition) is 4. The van der Waals surface area contributed by atoms with Crippen LogP contribution in [-0.4, -0.2) is 30.6 Å². The van der Waals surface area contributed by atoms with E-state index >= 15 is 0 Å². The average Bonchev–Trinajstić information content (AvgIpc) is 2.29. The van der Waals surface area contributed by atoms with E-state index in [2.05, 4.69) is 15.9 Å². The van der Waals surface area contributed by atoms with Crippen molar-refractivity contribution in [2.24, 2.45) is 0 Å². The van der Waals surface area contributed by atoms with Crippen LogP contribution in [0.25, 0.3) is 0 Å². The topological polar surface area (TPSA) is 63.6 Å². The van der Waals surface area contributed by atoms with E-state index in [1.54, 1.807) is 39.0 Å². The van der Waals surface area contributed by atoms with Crippen LogP contribution in [0.4, 0.5) is 0 Å². The standard InChI is InChI=1S/C13H19BrO4S/c1-13(2,3)19(16,17)7-6-18-12-5-4-11(14)8-10(12)9-15/h4-5,8,15H,6-7,9H2,1-3H3. The zero-order chi connectivity index (χ0) is 14.7. The molecule has 0 aliphatic heterocycles. The van der Waals surface area contributed by atoms with Gasteiger partial charge >= 0.3 is 0 Å². The first-order valence-corrected chi connectivity index (χ1v) is 8.36. The molecule has 0 fully saturated rings. The lowest BCUT2D eigenvalue weighted by Gasteiger charge is -2.19. The molecule has 1 aromatic carbocycles. The lowest BCUT2D eigenvalue weighted by molar-refractivity contribution is 0.267. The Hall–Kier alpha value is -0.590. The molecule has 0 atom stereocenters. The summed E-state index contributed by atoms with van der Waals surface area (Å²) >= 11 is 3.30. The zero-order valence-corrected chi connectivity index (χ0v) is 13.7. The van der Waals surface area contributed by atoms with E-state index in [4.69, 9.17) is 4.74 Å². The van der Waals surface area contributed by atoms with Gasteiger partial charge in [-0.05, 0) is 39.0 Å². The van der Waals surface area contributed by atoms with Gasteiger partial charge in [0.2, 0.25) is 0 Å². The van der Waals surface area contributed by atoms with Crippen LogP contribution in [0, 0.1) is 0 Å². The Morgan fingerprint density at radius 3 is 2.47 bits per heavy atom. The van der Waals surface area contributed by atoms with Crippen LogP contribution in [0.1, 0.15) is 26.3 Å². The number of halogens is 1. The van der Waals surface area contributed by atoms with E-state index in [0.29, 0.717) is 11.3 Å². The van der Waals surface area contributed by atoms with E-state index in [0.717, 1.165) is 4.47 Å². The first-order valence-electron chi connectivity index (χ1n) is 5.92. The SMILES string of the molecule is CC(C)(C)S(=O)(=O)CCOc1ccc(Br)cc1CO. The third kappa shape index (κ3) is 4.47. The second-order valence-electron chi connectivity index (χ2n) is 5.19. The molecule has 4 nitrogen and oxygen atoms in total. The average molecular weight is 351 g/mol. The maximum atomic E-state index is 11.9. The van der Waals surface area contributed by atoms with Crippen molar-refractivity contribution in [3.05, 3.63) is 28.2 Å². The minimum atomic E-state index is -3.19. The summed E-state index contributed by atoms with van der Waals surface area (Å²) in [4.78, 5) is 0. The van der Waals surface area contributed by atoms with Gasteiger partial charge in [-0.1, -0.05) is 15.9 Å². The van der Waals surface area contributed by atoms with Crippen molar-refractivity contribution in [1.29, 1.82) is 0 Å². The van der Waals surface area contributed by atoms with E-state index < -0.39 is 14.6 Å². The quantitative estimate of drug-likeness (QED) is 0.886. The first-order chi connectivity index (χ1) is 8.67. The molecule has 1 N–H and O–H groups in total. The highest BCUT2D eigenvalue weighted by molar-refractivity contribution is 9.10. The number of benzene rings is 1. The van der Waals surface area contributed by atoms with Crippen LogP contribution in [0.2, 0.25) is 0 Å². The fourth-order valence-electron chi connectivity index (χ4n) is 1.38. The summed E-state index contributed by atoms with van der Waals surface area (Å²) in [6, 6.07) is 5.24. The van der Waals surface area contributed by atoms with Crippen molar-refractivity contribution in [3.8, 4) is 5.75 Å². The van der Waals surface area contributed by atoms with Crippen LogP contribution in [0.3, 0.4) is 0 Å². The highest BCUT2D eigenvalue weighted by Gasteiger charge is 2.28. The molecule has 0 unspecified atom stereocenters. The number of rotatable bonds is 5. The van der Waals surface area contributed by atoms with Crippen LogP contribution >= 0.6 is 15.9 Å². The maximum absolute atomic E-state index is 11.9. The van der Waals surface area contributed by atoms with Gasteiger partial charge in [-0.2, -0.15) is 0 Å². The molecule has 0 aliphatic carbocycles. The lowest BCUT2D eigenvalue weighted by Crippen LogP contribution is -2.32. The molecule has 0 aromatic heterocycles. The Bertz CT molecular complexity index is 532. The Morgan fingerprint density at radius 2 is 1.95 bits per heavy atom. The van der Waals surface area contributed by atoms with Crippen LogP contribution < -0.4 is 4.74 Å². The molecule has 0 spiro atoms. The molecule has 0 amide bonds. The van der Waals surface area contributed by atoms with Gasteiger partial charge in [0.1, 0.15) is 12.4 Å². The second-order valence-corrected chi connectivity index (χ2v) is 8.97. The van der Waals surface area contributed by atoms with Gasteiger partial charge in [0.05, 0.1) is 17.1 Å². The molecular formula is C13H19BrO4S. The second kappa shape index (κ2) is 6.24. The molecule has 0 heterocycles. The maximum Gasteiger partial charge on any atom is 0.158 e. The van der Waals surface area contributed by atoms with Crippen molar-refractivity contribution in [1.82, 2.24) is 0 Å². The van der Waals surface area contributed by atoms with Crippen molar-refractivity contribution in [2.75, 3.05) is 12.4 Å². The fraction of sp³-hybridized carbons (Fsp3) is 0.538. The molecule has 19 heavy (non-hydrogen) atoms. The van der Waals surface area contributed by atoms with Gasteiger partial charge in [-0.3, -0.25) is 0 Å². The van der Waals surface area contributed by atoms with Crippen LogP contribution in [0.5, 0.6) is 5.75 Å². The lowest BCUT2D eigenvalue weighted by atomic mass is 10.2. The minimum Gasteiger partial charge on any atom is -0.492 e. The Balaban J connectivity index is 2.69. The third-order valence-electron chi connectivity index (χ3n) is 2.74. The van der Waals surface area contributed by atoms with Crippen molar-refractivity contribution < 1.29 is 18.3 Å². The molecule has 6 heteroatoms. The van der Waals surface area contributed by atoms with Gasteiger partial charge in [-0.15, -0.1) is 0 Å². The molecule has 0 aliphatic rings. The Labute approximate surface area is 122 Å². The summed E-state index contributed by atoms with van der Waals surface area (Å²) < 4.78 is 29.3. The summed E-state index contributed by atoms with van der Waals surface area (Å²) in [6.07, 6.45) is 0. The largest absolute Gasteiger partial charge is 0.492 e. The van der Waals surface area contributed by atoms with E-state index in [9.17, 15) is 13.5 Å². The molecule has 1 rings (SSSR count). The van der Waals surface area contributed by atoms with Gasteiger partial charge in [-0.25, -0.2) is 8.42 Å². The number of aliphatic hydroxyl groups is 1. The highest BCUT2D eigenvalue weighted by atomic mass is 79.9. The fourth-order valence-corrected chi connectivity index (χ4v) is 2.70. The molecular weight excluding hydrogens is 332 g/mol. The van der Waals surface area contributed by atoms with Crippen LogP contribution in [-0.2, 0) is 16.4 Å². The monoisotopic (exact) mass is 350 g/mol. The number of sulfone groups is 1. The van der Waals surface area contributed by atoms with Gasteiger partial charge in [0.15, 0.2) is 9.84 Å².